The molecule has 1 aromatic carbocycles. The molecule has 0 atom stereocenters. The second kappa shape index (κ2) is 10.3. The number of ether oxygens (including phenoxy) is 3. The maximum absolute atomic E-state index is 8.97. The van der Waals surface area contributed by atoms with Gasteiger partial charge >= 0.3 is 0 Å². The molecule has 1 N–H and O–H groups in total. The van der Waals surface area contributed by atoms with Gasteiger partial charge in [0, 0.05) is 47.9 Å². The van der Waals surface area contributed by atoms with Crippen LogP contribution in [0.2, 0.25) is 0 Å². The van der Waals surface area contributed by atoms with Crippen molar-refractivity contribution in [3.63, 3.8) is 0 Å². The van der Waals surface area contributed by atoms with Gasteiger partial charge in [-0.05, 0) is 62.6 Å². The number of aliphatic hydroxyl groups is 1. The normalized spacial score (nSPS) is 10.9. The van der Waals surface area contributed by atoms with Gasteiger partial charge in [0.25, 0.3) is 0 Å². The number of hydrogen-bond acceptors (Lipinski definition) is 7. The van der Waals surface area contributed by atoms with Gasteiger partial charge in [0.2, 0.25) is 0 Å². The predicted molar refractivity (Wildman–Crippen MR) is 127 cm³/mol. The van der Waals surface area contributed by atoms with Crippen LogP contribution in [-0.2, 0) is 0 Å². The molecule has 33 heavy (non-hydrogen) atoms. The van der Waals surface area contributed by atoms with Gasteiger partial charge in [-0.15, -0.1) is 0 Å². The molecule has 0 radical (unpaired) electrons. The number of unbranched alkanes of at least 4 members (excludes halogenated alkanes) is 1. The highest BCUT2D eigenvalue weighted by Gasteiger charge is 2.16. The lowest BCUT2D eigenvalue weighted by molar-refractivity contribution is 0.247. The van der Waals surface area contributed by atoms with Gasteiger partial charge in [-0.25, -0.2) is 4.98 Å². The van der Waals surface area contributed by atoms with Crippen LogP contribution in [0.15, 0.2) is 55.0 Å². The van der Waals surface area contributed by atoms with Crippen molar-refractivity contribution in [1.29, 1.82) is 0 Å². The Morgan fingerprint density at radius 1 is 0.939 bits per heavy atom. The minimum Gasteiger partial charge on any atom is -0.493 e. The molecule has 0 unspecified atom stereocenters. The van der Waals surface area contributed by atoms with E-state index in [2.05, 4.69) is 9.97 Å². The molecule has 0 aliphatic carbocycles. The van der Waals surface area contributed by atoms with Crippen molar-refractivity contribution in [2.75, 3.05) is 20.3 Å². The summed E-state index contributed by atoms with van der Waals surface area (Å²) in [6, 6.07) is 11.4. The van der Waals surface area contributed by atoms with E-state index in [1.807, 2.05) is 50.2 Å². The average Bonchev–Trinajstić information content (AvgIpc) is 2.84. The van der Waals surface area contributed by atoms with Crippen LogP contribution >= 0.6 is 0 Å². The molecule has 3 aromatic heterocycles. The van der Waals surface area contributed by atoms with E-state index >= 15 is 0 Å². The van der Waals surface area contributed by atoms with Crippen molar-refractivity contribution in [3.05, 3.63) is 66.2 Å². The number of methoxy groups -OCH3 is 1. The zero-order valence-electron chi connectivity index (χ0n) is 19.0. The van der Waals surface area contributed by atoms with E-state index in [1.54, 1.807) is 25.7 Å². The lowest BCUT2D eigenvalue weighted by Crippen LogP contribution is -2.01. The van der Waals surface area contributed by atoms with Gasteiger partial charge in [0.05, 0.1) is 19.2 Å². The molecule has 0 bridgehead atoms. The van der Waals surface area contributed by atoms with Crippen molar-refractivity contribution in [1.82, 2.24) is 15.0 Å². The SMILES string of the molecule is COc1cc2c(Oc3cc(C)c(C)nc3-c3cccnc3)ccnc2cc1OCCCCO. The molecule has 0 aliphatic heterocycles. The molecule has 3 heterocycles. The third kappa shape index (κ3) is 5.04. The van der Waals surface area contributed by atoms with E-state index in [0.29, 0.717) is 36.0 Å². The topological polar surface area (TPSA) is 86.6 Å². The van der Waals surface area contributed by atoms with Crippen LogP contribution in [0.3, 0.4) is 0 Å². The van der Waals surface area contributed by atoms with Gasteiger partial charge in [0.15, 0.2) is 17.2 Å². The number of hydrogen-bond donors (Lipinski definition) is 1. The quantitative estimate of drug-likeness (QED) is 0.352. The maximum Gasteiger partial charge on any atom is 0.163 e. The van der Waals surface area contributed by atoms with E-state index < -0.39 is 0 Å². The molecule has 0 aliphatic rings. The molecule has 170 valence electrons. The Balaban J connectivity index is 1.73. The van der Waals surface area contributed by atoms with Gasteiger partial charge in [-0.3, -0.25) is 9.97 Å². The highest BCUT2D eigenvalue weighted by molar-refractivity contribution is 5.88. The summed E-state index contributed by atoms with van der Waals surface area (Å²) in [5, 5.41) is 9.77. The molecule has 0 spiro atoms. The largest absolute Gasteiger partial charge is 0.493 e. The second-order valence-corrected chi connectivity index (χ2v) is 7.69. The van der Waals surface area contributed by atoms with Crippen molar-refractivity contribution < 1.29 is 19.3 Å². The highest BCUT2D eigenvalue weighted by Crippen LogP contribution is 2.39. The molecular weight excluding hydrogens is 418 g/mol. The molecule has 0 saturated carbocycles. The number of aryl methyl sites for hydroxylation is 2. The minimum atomic E-state index is 0.148. The Hall–Kier alpha value is -3.71. The van der Waals surface area contributed by atoms with Crippen LogP contribution in [0.25, 0.3) is 22.2 Å². The molecule has 7 heteroatoms. The number of benzene rings is 1. The number of aliphatic hydroxyl groups excluding tert-OH is 1. The number of aromatic nitrogens is 3. The fraction of sp³-hybridized carbons (Fsp3) is 0.269. The highest BCUT2D eigenvalue weighted by atomic mass is 16.5. The first-order valence-electron chi connectivity index (χ1n) is 10.9. The van der Waals surface area contributed by atoms with Crippen LogP contribution in [-0.4, -0.2) is 40.4 Å². The molecular formula is C26H27N3O4. The summed E-state index contributed by atoms with van der Waals surface area (Å²) in [6.07, 6.45) is 6.66. The number of rotatable bonds is 9. The number of pyridine rings is 3. The van der Waals surface area contributed by atoms with Crippen LogP contribution in [0, 0.1) is 13.8 Å². The van der Waals surface area contributed by atoms with Crippen molar-refractivity contribution in [2.45, 2.75) is 26.7 Å². The first-order valence-corrected chi connectivity index (χ1v) is 10.9. The molecule has 0 saturated heterocycles. The van der Waals surface area contributed by atoms with E-state index in [-0.39, 0.29) is 6.61 Å². The zero-order chi connectivity index (χ0) is 23.2. The van der Waals surface area contributed by atoms with Gasteiger partial charge < -0.3 is 19.3 Å². The van der Waals surface area contributed by atoms with Crippen molar-refractivity contribution in [3.8, 4) is 34.3 Å². The number of nitrogens with zero attached hydrogens (tertiary/aromatic N) is 3. The van der Waals surface area contributed by atoms with Crippen LogP contribution in [0.4, 0.5) is 0 Å². The Kier molecular flexibility index (Phi) is 7.00. The van der Waals surface area contributed by atoms with E-state index in [0.717, 1.165) is 39.8 Å². The van der Waals surface area contributed by atoms with Gasteiger partial charge in [0.1, 0.15) is 11.4 Å². The fourth-order valence-electron chi connectivity index (χ4n) is 3.47. The predicted octanol–water partition coefficient (Wildman–Crippen LogP) is 5.26. The van der Waals surface area contributed by atoms with Crippen LogP contribution < -0.4 is 14.2 Å². The summed E-state index contributed by atoms with van der Waals surface area (Å²) in [4.78, 5) is 13.5. The van der Waals surface area contributed by atoms with E-state index in [4.69, 9.17) is 24.3 Å². The summed E-state index contributed by atoms with van der Waals surface area (Å²) >= 11 is 0. The fourth-order valence-corrected chi connectivity index (χ4v) is 3.47. The molecule has 0 amide bonds. The lowest BCUT2D eigenvalue weighted by Gasteiger charge is -2.16. The maximum atomic E-state index is 8.97. The molecule has 7 nitrogen and oxygen atoms in total. The second-order valence-electron chi connectivity index (χ2n) is 7.69. The Morgan fingerprint density at radius 2 is 1.82 bits per heavy atom. The van der Waals surface area contributed by atoms with E-state index in [1.165, 1.54) is 0 Å². The molecule has 4 aromatic rings. The minimum absolute atomic E-state index is 0.148. The summed E-state index contributed by atoms with van der Waals surface area (Å²) in [5.41, 5.74) is 4.31. The van der Waals surface area contributed by atoms with Gasteiger partial charge in [-0.1, -0.05) is 0 Å². The standard InChI is InChI=1S/C26H27N3O4/c1-17-13-25(26(29-18(17)2)19-7-6-9-27-16-19)33-22-8-10-28-21-15-24(32-12-5-4-11-30)23(31-3)14-20(21)22/h6-10,13-16,30H,4-5,11-12H2,1-3H3. The van der Waals surface area contributed by atoms with E-state index in [9.17, 15) is 0 Å². The smallest absolute Gasteiger partial charge is 0.163 e. The Bertz CT molecular complexity index is 1250. The van der Waals surface area contributed by atoms with Crippen LogP contribution in [0.1, 0.15) is 24.1 Å². The summed E-state index contributed by atoms with van der Waals surface area (Å²) in [6.45, 7) is 4.63. The zero-order valence-corrected chi connectivity index (χ0v) is 19.0. The summed E-state index contributed by atoms with van der Waals surface area (Å²) in [7, 11) is 1.60. The Morgan fingerprint density at radius 3 is 2.58 bits per heavy atom. The van der Waals surface area contributed by atoms with Gasteiger partial charge in [-0.2, -0.15) is 0 Å². The summed E-state index contributed by atoms with van der Waals surface area (Å²) in [5.74, 6) is 2.48. The monoisotopic (exact) mass is 445 g/mol. The van der Waals surface area contributed by atoms with Crippen molar-refractivity contribution >= 4 is 10.9 Å². The van der Waals surface area contributed by atoms with Crippen LogP contribution in [0.5, 0.6) is 23.0 Å². The lowest BCUT2D eigenvalue weighted by atomic mass is 10.1. The Labute approximate surface area is 193 Å². The van der Waals surface area contributed by atoms with Crippen molar-refractivity contribution in [2.24, 2.45) is 0 Å². The third-order valence-corrected chi connectivity index (χ3v) is 5.38. The molecule has 4 rings (SSSR count). The average molecular weight is 446 g/mol. The molecule has 0 fully saturated rings. The number of fused-ring (bicyclic) bond motifs is 1. The summed E-state index contributed by atoms with van der Waals surface area (Å²) < 4.78 is 17.8. The first-order chi connectivity index (χ1) is 16.1. The third-order valence-electron chi connectivity index (χ3n) is 5.38. The first kappa shape index (κ1) is 22.5.